The number of carbonyl (C=O) groups excluding carboxylic acids is 1. The van der Waals surface area contributed by atoms with Gasteiger partial charge in [0, 0.05) is 10.9 Å². The van der Waals surface area contributed by atoms with Crippen LogP contribution in [0.3, 0.4) is 0 Å². The first-order chi connectivity index (χ1) is 8.83. The Morgan fingerprint density at radius 3 is 2.21 bits per heavy atom. The van der Waals surface area contributed by atoms with Crippen LogP contribution in [0.25, 0.3) is 0 Å². The van der Waals surface area contributed by atoms with Crippen LogP contribution in [0.2, 0.25) is 5.02 Å². The zero-order valence-electron chi connectivity index (χ0n) is 11.2. The molecule has 0 aromatic heterocycles. The molecule has 1 aromatic carbocycles. The number of carboxylic acid groups (broad SMARTS) is 1. The van der Waals surface area contributed by atoms with Gasteiger partial charge in [-0.15, -0.1) is 0 Å². The first kappa shape index (κ1) is 15.5. The molecule has 2 N–H and O–H groups in total. The number of halogens is 1. The fraction of sp³-hybridized carbons (Fsp3) is 0.429. The Morgan fingerprint density at radius 1 is 1.32 bits per heavy atom. The van der Waals surface area contributed by atoms with Crippen LogP contribution in [0.1, 0.15) is 32.8 Å². The van der Waals surface area contributed by atoms with Crippen LogP contribution in [0.5, 0.6) is 0 Å². The van der Waals surface area contributed by atoms with E-state index in [-0.39, 0.29) is 18.2 Å². The lowest BCUT2D eigenvalue weighted by Crippen LogP contribution is -2.52. The Balaban J connectivity index is 3.23. The summed E-state index contributed by atoms with van der Waals surface area (Å²) < 4.78 is 0. The van der Waals surface area contributed by atoms with E-state index in [4.69, 9.17) is 11.6 Å². The number of rotatable bonds is 5. The Labute approximate surface area is 117 Å². The number of carboxylic acids is 1. The highest BCUT2D eigenvalue weighted by molar-refractivity contribution is 6.30. The van der Waals surface area contributed by atoms with Crippen LogP contribution in [0.4, 0.5) is 0 Å². The van der Waals surface area contributed by atoms with E-state index in [1.807, 2.05) is 0 Å². The molecular weight excluding hydrogens is 266 g/mol. The third kappa shape index (κ3) is 3.26. The zero-order chi connectivity index (χ0) is 14.6. The van der Waals surface area contributed by atoms with Crippen LogP contribution in [0, 0.1) is 5.92 Å². The first-order valence-electron chi connectivity index (χ1n) is 6.15. The summed E-state index contributed by atoms with van der Waals surface area (Å²) >= 11 is 5.81. The SMILES string of the molecule is CCC(NC(=O)C(C)C)(C(=O)O)c1ccc(Cl)cc1. The number of nitrogens with one attached hydrogen (secondary N) is 1. The molecule has 0 heterocycles. The number of carbonyl (C=O) groups is 2. The molecule has 0 aliphatic heterocycles. The van der Waals surface area contributed by atoms with Gasteiger partial charge in [0.05, 0.1) is 0 Å². The van der Waals surface area contributed by atoms with Crippen LogP contribution in [-0.4, -0.2) is 17.0 Å². The van der Waals surface area contributed by atoms with E-state index < -0.39 is 11.5 Å². The van der Waals surface area contributed by atoms with Crippen molar-refractivity contribution in [3.8, 4) is 0 Å². The van der Waals surface area contributed by atoms with Gasteiger partial charge in [0.1, 0.15) is 0 Å². The average molecular weight is 284 g/mol. The van der Waals surface area contributed by atoms with Gasteiger partial charge in [-0.05, 0) is 24.1 Å². The molecule has 0 saturated carbocycles. The number of amides is 1. The van der Waals surface area contributed by atoms with Crippen LogP contribution < -0.4 is 5.32 Å². The van der Waals surface area contributed by atoms with Gasteiger partial charge in [-0.1, -0.05) is 44.5 Å². The molecule has 0 saturated heterocycles. The second kappa shape index (κ2) is 6.06. The second-order valence-corrected chi connectivity index (χ2v) is 5.15. The molecule has 1 atom stereocenters. The minimum absolute atomic E-state index is 0.252. The highest BCUT2D eigenvalue weighted by atomic mass is 35.5. The van der Waals surface area contributed by atoms with Crippen molar-refractivity contribution < 1.29 is 14.7 Å². The van der Waals surface area contributed by atoms with E-state index in [9.17, 15) is 14.7 Å². The number of hydrogen-bond acceptors (Lipinski definition) is 2. The molecule has 1 aromatic rings. The molecule has 4 nitrogen and oxygen atoms in total. The van der Waals surface area contributed by atoms with E-state index in [1.54, 1.807) is 45.0 Å². The fourth-order valence-corrected chi connectivity index (χ4v) is 1.91. The summed E-state index contributed by atoms with van der Waals surface area (Å²) in [6.07, 6.45) is 0.252. The molecule has 104 valence electrons. The molecule has 0 fully saturated rings. The summed E-state index contributed by atoms with van der Waals surface area (Å²) in [6, 6.07) is 6.48. The molecule has 1 unspecified atom stereocenters. The van der Waals surface area contributed by atoms with Crippen molar-refractivity contribution in [2.45, 2.75) is 32.7 Å². The second-order valence-electron chi connectivity index (χ2n) is 4.71. The lowest BCUT2D eigenvalue weighted by Gasteiger charge is -2.30. The molecule has 1 rings (SSSR count). The van der Waals surface area contributed by atoms with Crippen molar-refractivity contribution in [1.82, 2.24) is 5.32 Å². The number of aliphatic carboxylic acids is 1. The minimum Gasteiger partial charge on any atom is -0.479 e. The van der Waals surface area contributed by atoms with Gasteiger partial charge < -0.3 is 10.4 Å². The molecule has 0 radical (unpaired) electrons. The maximum absolute atomic E-state index is 11.9. The van der Waals surface area contributed by atoms with Gasteiger partial charge in [-0.3, -0.25) is 4.79 Å². The Hall–Kier alpha value is -1.55. The molecule has 0 bridgehead atoms. The maximum atomic E-state index is 11.9. The van der Waals surface area contributed by atoms with Crippen molar-refractivity contribution >= 4 is 23.5 Å². The van der Waals surface area contributed by atoms with Crippen LogP contribution in [-0.2, 0) is 15.1 Å². The topological polar surface area (TPSA) is 66.4 Å². The van der Waals surface area contributed by atoms with Gasteiger partial charge in [-0.25, -0.2) is 4.79 Å². The lowest BCUT2D eigenvalue weighted by molar-refractivity contribution is -0.149. The van der Waals surface area contributed by atoms with E-state index in [2.05, 4.69) is 5.32 Å². The molecule has 0 aliphatic rings. The molecule has 1 amide bonds. The standard InChI is InChI=1S/C14H18ClNO3/c1-4-14(13(18)19,16-12(17)9(2)3)10-5-7-11(15)8-6-10/h5-9H,4H2,1-3H3,(H,16,17)(H,18,19). The minimum atomic E-state index is -1.41. The van der Waals surface area contributed by atoms with Gasteiger partial charge in [0.15, 0.2) is 5.54 Å². The molecular formula is C14H18ClNO3. The highest BCUT2D eigenvalue weighted by Gasteiger charge is 2.40. The highest BCUT2D eigenvalue weighted by Crippen LogP contribution is 2.27. The van der Waals surface area contributed by atoms with Crippen LogP contribution in [0.15, 0.2) is 24.3 Å². The zero-order valence-corrected chi connectivity index (χ0v) is 12.0. The fourth-order valence-electron chi connectivity index (χ4n) is 1.78. The van der Waals surface area contributed by atoms with Crippen LogP contribution >= 0.6 is 11.6 Å². The monoisotopic (exact) mass is 283 g/mol. The van der Waals surface area contributed by atoms with E-state index in [0.717, 1.165) is 0 Å². The third-order valence-electron chi connectivity index (χ3n) is 3.09. The molecule has 5 heteroatoms. The predicted molar refractivity (Wildman–Crippen MR) is 74.0 cm³/mol. The molecule has 0 spiro atoms. The van der Waals surface area contributed by atoms with Gasteiger partial charge >= 0.3 is 5.97 Å². The Morgan fingerprint density at radius 2 is 1.84 bits per heavy atom. The number of hydrogen-bond donors (Lipinski definition) is 2. The van der Waals surface area contributed by atoms with Crippen molar-refractivity contribution in [2.75, 3.05) is 0 Å². The first-order valence-corrected chi connectivity index (χ1v) is 6.52. The summed E-state index contributed by atoms with van der Waals surface area (Å²) in [6.45, 7) is 5.17. The normalized spacial score (nSPS) is 13.9. The summed E-state index contributed by atoms with van der Waals surface area (Å²) in [5.74, 6) is -1.65. The quantitative estimate of drug-likeness (QED) is 0.873. The number of benzene rings is 1. The average Bonchev–Trinajstić information content (AvgIpc) is 2.36. The summed E-state index contributed by atoms with van der Waals surface area (Å²) in [7, 11) is 0. The van der Waals surface area contributed by atoms with Gasteiger partial charge in [-0.2, -0.15) is 0 Å². The molecule has 19 heavy (non-hydrogen) atoms. The smallest absolute Gasteiger partial charge is 0.334 e. The van der Waals surface area contributed by atoms with E-state index >= 15 is 0 Å². The maximum Gasteiger partial charge on any atom is 0.334 e. The third-order valence-corrected chi connectivity index (χ3v) is 3.35. The van der Waals surface area contributed by atoms with E-state index in [1.165, 1.54) is 0 Å². The van der Waals surface area contributed by atoms with Crippen molar-refractivity contribution in [2.24, 2.45) is 5.92 Å². The Bertz CT molecular complexity index is 470. The predicted octanol–water partition coefficient (Wildman–Crippen LogP) is 2.80. The van der Waals surface area contributed by atoms with Gasteiger partial charge in [0.2, 0.25) is 5.91 Å². The lowest BCUT2D eigenvalue weighted by atomic mass is 9.86. The Kier molecular flexibility index (Phi) is 4.95. The van der Waals surface area contributed by atoms with Crippen molar-refractivity contribution in [1.29, 1.82) is 0 Å². The summed E-state index contributed by atoms with van der Waals surface area (Å²) in [4.78, 5) is 23.5. The van der Waals surface area contributed by atoms with E-state index in [0.29, 0.717) is 10.6 Å². The van der Waals surface area contributed by atoms with Crippen molar-refractivity contribution in [3.63, 3.8) is 0 Å². The molecule has 0 aliphatic carbocycles. The van der Waals surface area contributed by atoms with Gasteiger partial charge in [0.25, 0.3) is 0 Å². The summed E-state index contributed by atoms with van der Waals surface area (Å²) in [5, 5.41) is 12.7. The summed E-state index contributed by atoms with van der Waals surface area (Å²) in [5.41, 5.74) is -0.896. The van der Waals surface area contributed by atoms with Crippen molar-refractivity contribution in [3.05, 3.63) is 34.9 Å². The largest absolute Gasteiger partial charge is 0.479 e.